The summed E-state index contributed by atoms with van der Waals surface area (Å²) in [4.78, 5) is 2.48. The van der Waals surface area contributed by atoms with Crippen molar-refractivity contribution in [2.45, 2.75) is 19.0 Å². The van der Waals surface area contributed by atoms with E-state index < -0.39 is 0 Å². The number of rotatable bonds is 5. The molecule has 0 bridgehead atoms. The van der Waals surface area contributed by atoms with Crippen LogP contribution in [0.25, 0.3) is 0 Å². The monoisotopic (exact) mass is 379 g/mol. The third-order valence-corrected chi connectivity index (χ3v) is 4.70. The van der Waals surface area contributed by atoms with Crippen LogP contribution in [0.4, 0.5) is 0 Å². The van der Waals surface area contributed by atoms with E-state index in [0.717, 1.165) is 18.9 Å². The van der Waals surface area contributed by atoms with Crippen LogP contribution in [-0.4, -0.2) is 24.1 Å². The highest BCUT2D eigenvalue weighted by molar-refractivity contribution is 14.1. The van der Waals surface area contributed by atoms with E-state index in [1.807, 2.05) is 18.2 Å². The summed E-state index contributed by atoms with van der Waals surface area (Å²) in [6, 6.07) is 19.9. The van der Waals surface area contributed by atoms with Crippen LogP contribution in [0.3, 0.4) is 0 Å². The van der Waals surface area contributed by atoms with Crippen LogP contribution in [-0.2, 0) is 0 Å². The molecule has 1 heterocycles. The summed E-state index contributed by atoms with van der Waals surface area (Å²) in [6.07, 6.45) is 0. The standard InChI is InChI=1S/C17H18INO/c1-13(14-7-3-2-4-8-14)19-11-15(19)12-20-17-10-6-5-9-16(17)18/h2-10,13,15H,11-12H2,1H3/t13-,15-,19?/m1/s1. The van der Waals surface area contributed by atoms with Crippen molar-refractivity contribution < 1.29 is 4.74 Å². The number of benzene rings is 2. The molecule has 104 valence electrons. The molecule has 2 nitrogen and oxygen atoms in total. The van der Waals surface area contributed by atoms with Gasteiger partial charge in [-0.15, -0.1) is 0 Å². The fourth-order valence-corrected chi connectivity index (χ4v) is 3.03. The van der Waals surface area contributed by atoms with Gasteiger partial charge in [0.25, 0.3) is 0 Å². The molecule has 1 saturated heterocycles. The highest BCUT2D eigenvalue weighted by Gasteiger charge is 2.38. The van der Waals surface area contributed by atoms with Crippen LogP contribution in [0, 0.1) is 3.57 Å². The Morgan fingerprint density at radius 2 is 1.85 bits per heavy atom. The highest BCUT2D eigenvalue weighted by atomic mass is 127. The Labute approximate surface area is 133 Å². The van der Waals surface area contributed by atoms with E-state index in [-0.39, 0.29) is 0 Å². The van der Waals surface area contributed by atoms with Crippen molar-refractivity contribution in [3.05, 3.63) is 63.7 Å². The average Bonchev–Trinajstić information content (AvgIpc) is 3.26. The Morgan fingerprint density at radius 1 is 1.15 bits per heavy atom. The van der Waals surface area contributed by atoms with E-state index in [2.05, 4.69) is 70.8 Å². The molecule has 2 aromatic carbocycles. The first kappa shape index (κ1) is 13.9. The summed E-state index contributed by atoms with van der Waals surface area (Å²) in [6.45, 7) is 4.16. The second kappa shape index (κ2) is 6.14. The van der Waals surface area contributed by atoms with Gasteiger partial charge in [0.05, 0.1) is 9.61 Å². The molecule has 3 heteroatoms. The predicted molar refractivity (Wildman–Crippen MR) is 90.0 cm³/mol. The lowest BCUT2D eigenvalue weighted by atomic mass is 10.1. The lowest BCUT2D eigenvalue weighted by molar-refractivity contribution is 0.277. The van der Waals surface area contributed by atoms with E-state index in [9.17, 15) is 0 Å². The van der Waals surface area contributed by atoms with Gasteiger partial charge in [0, 0.05) is 12.6 Å². The summed E-state index contributed by atoms with van der Waals surface area (Å²) in [5.41, 5.74) is 1.38. The van der Waals surface area contributed by atoms with Crippen LogP contribution < -0.4 is 4.74 Å². The molecule has 0 amide bonds. The summed E-state index contributed by atoms with van der Waals surface area (Å²) in [7, 11) is 0. The maximum absolute atomic E-state index is 5.93. The molecule has 3 rings (SSSR count). The first-order valence-electron chi connectivity index (χ1n) is 6.93. The van der Waals surface area contributed by atoms with Crippen LogP contribution in [0.1, 0.15) is 18.5 Å². The number of nitrogens with zero attached hydrogens (tertiary/aromatic N) is 1. The van der Waals surface area contributed by atoms with E-state index in [4.69, 9.17) is 4.74 Å². The molecule has 0 N–H and O–H groups in total. The Hall–Kier alpha value is -1.07. The highest BCUT2D eigenvalue weighted by Crippen LogP contribution is 2.32. The van der Waals surface area contributed by atoms with Crippen LogP contribution in [0.2, 0.25) is 0 Å². The molecule has 0 aromatic heterocycles. The summed E-state index contributed by atoms with van der Waals surface area (Å²) in [5.74, 6) is 0.993. The fraction of sp³-hybridized carbons (Fsp3) is 0.294. The molecule has 0 radical (unpaired) electrons. The number of halogens is 1. The van der Waals surface area contributed by atoms with Crippen molar-refractivity contribution in [3.63, 3.8) is 0 Å². The van der Waals surface area contributed by atoms with Gasteiger partial charge in [-0.1, -0.05) is 42.5 Å². The minimum absolute atomic E-state index is 0.472. The second-order valence-corrected chi connectivity index (χ2v) is 6.34. The molecule has 1 aliphatic heterocycles. The van der Waals surface area contributed by atoms with Crippen LogP contribution in [0.5, 0.6) is 5.75 Å². The molecule has 1 aliphatic rings. The van der Waals surface area contributed by atoms with E-state index >= 15 is 0 Å². The van der Waals surface area contributed by atoms with Gasteiger partial charge in [-0.2, -0.15) is 0 Å². The largest absolute Gasteiger partial charge is 0.491 e. The number of para-hydroxylation sites is 1. The minimum atomic E-state index is 0.472. The Kier molecular flexibility index (Phi) is 4.27. The summed E-state index contributed by atoms with van der Waals surface area (Å²) in [5, 5.41) is 0. The third-order valence-electron chi connectivity index (χ3n) is 3.80. The van der Waals surface area contributed by atoms with Crippen molar-refractivity contribution in [2.75, 3.05) is 13.2 Å². The van der Waals surface area contributed by atoms with Gasteiger partial charge in [-0.25, -0.2) is 0 Å². The number of ether oxygens (including phenoxy) is 1. The lowest BCUT2D eigenvalue weighted by Gasteiger charge is -2.15. The number of hydrogen-bond donors (Lipinski definition) is 0. The molecule has 1 unspecified atom stereocenters. The maximum Gasteiger partial charge on any atom is 0.132 e. The zero-order valence-corrected chi connectivity index (χ0v) is 13.7. The Morgan fingerprint density at radius 3 is 2.60 bits per heavy atom. The molecule has 2 aromatic rings. The normalized spacial score (nSPS) is 22.3. The van der Waals surface area contributed by atoms with Crippen molar-refractivity contribution in [1.29, 1.82) is 0 Å². The molecule has 3 atom stereocenters. The van der Waals surface area contributed by atoms with Gasteiger partial charge in [-0.05, 0) is 47.2 Å². The SMILES string of the molecule is C[C@H](c1ccccc1)N1C[C@@H]1COc1ccccc1I. The van der Waals surface area contributed by atoms with E-state index in [0.29, 0.717) is 12.1 Å². The molecule has 0 aliphatic carbocycles. The number of hydrogen-bond acceptors (Lipinski definition) is 2. The van der Waals surface area contributed by atoms with Crippen molar-refractivity contribution >= 4 is 22.6 Å². The minimum Gasteiger partial charge on any atom is -0.491 e. The zero-order chi connectivity index (χ0) is 13.9. The first-order chi connectivity index (χ1) is 9.75. The van der Waals surface area contributed by atoms with Crippen molar-refractivity contribution in [1.82, 2.24) is 4.90 Å². The average molecular weight is 379 g/mol. The summed E-state index contributed by atoms with van der Waals surface area (Å²) < 4.78 is 7.10. The second-order valence-electron chi connectivity index (χ2n) is 5.18. The van der Waals surface area contributed by atoms with Gasteiger partial charge >= 0.3 is 0 Å². The molecule has 20 heavy (non-hydrogen) atoms. The topological polar surface area (TPSA) is 12.2 Å². The molecular formula is C17H18INO. The van der Waals surface area contributed by atoms with Crippen molar-refractivity contribution in [2.24, 2.45) is 0 Å². The molecular weight excluding hydrogens is 361 g/mol. The first-order valence-corrected chi connectivity index (χ1v) is 8.01. The summed E-state index contributed by atoms with van der Waals surface area (Å²) >= 11 is 2.32. The molecule has 1 fully saturated rings. The molecule has 0 spiro atoms. The fourth-order valence-electron chi connectivity index (χ4n) is 2.49. The van der Waals surface area contributed by atoms with Crippen molar-refractivity contribution in [3.8, 4) is 5.75 Å². The van der Waals surface area contributed by atoms with E-state index in [1.165, 1.54) is 9.13 Å². The van der Waals surface area contributed by atoms with Gasteiger partial charge in [0.2, 0.25) is 0 Å². The van der Waals surface area contributed by atoms with E-state index in [1.54, 1.807) is 0 Å². The van der Waals surface area contributed by atoms with Gasteiger partial charge in [-0.3, -0.25) is 4.90 Å². The predicted octanol–water partition coefficient (Wildman–Crippen LogP) is 4.12. The zero-order valence-electron chi connectivity index (χ0n) is 11.5. The van der Waals surface area contributed by atoms with Gasteiger partial charge in [0.1, 0.15) is 12.4 Å². The lowest BCUT2D eigenvalue weighted by Crippen LogP contribution is -2.14. The quantitative estimate of drug-likeness (QED) is 0.573. The smallest absolute Gasteiger partial charge is 0.132 e. The van der Waals surface area contributed by atoms with Crippen LogP contribution >= 0.6 is 22.6 Å². The third kappa shape index (κ3) is 3.15. The molecule has 0 saturated carbocycles. The Balaban J connectivity index is 1.54. The van der Waals surface area contributed by atoms with Gasteiger partial charge in [0.15, 0.2) is 0 Å². The maximum atomic E-state index is 5.93. The van der Waals surface area contributed by atoms with Crippen LogP contribution in [0.15, 0.2) is 54.6 Å². The van der Waals surface area contributed by atoms with Gasteiger partial charge < -0.3 is 4.74 Å². The Bertz CT molecular complexity index is 572.